The highest BCUT2D eigenvalue weighted by Crippen LogP contribution is 2.31. The fourth-order valence-corrected chi connectivity index (χ4v) is 1.48. The molecule has 0 fully saturated rings. The Bertz CT molecular complexity index is 263. The van der Waals surface area contributed by atoms with Crippen LogP contribution in [-0.4, -0.2) is 3.79 Å². The zero-order valence-electron chi connectivity index (χ0n) is 6.74. The van der Waals surface area contributed by atoms with Crippen molar-refractivity contribution in [3.05, 3.63) is 34.3 Å². The normalized spacial score (nSPS) is 11.7. The third-order valence-corrected chi connectivity index (χ3v) is 2.71. The Morgan fingerprint density at radius 3 is 2.08 bits per heavy atom. The molecule has 0 N–H and O–H groups in total. The van der Waals surface area contributed by atoms with E-state index in [-0.39, 0.29) is 0 Å². The second-order valence-electron chi connectivity index (χ2n) is 2.74. The molecular weight excluding hydrogens is 294 g/mol. The van der Waals surface area contributed by atoms with Gasteiger partial charge in [-0.3, -0.25) is 0 Å². The largest absolute Gasteiger partial charge is 0.190 e. The molecule has 13 heavy (non-hydrogen) atoms. The van der Waals surface area contributed by atoms with Crippen LogP contribution in [0, 0.1) is 0 Å². The minimum absolute atomic E-state index is 0.541. The first-order chi connectivity index (χ1) is 5.97. The first-order valence-corrected chi connectivity index (χ1v) is 5.71. The van der Waals surface area contributed by atoms with Crippen LogP contribution in [0.5, 0.6) is 0 Å². The van der Waals surface area contributed by atoms with Gasteiger partial charge in [0.2, 0.25) is 0 Å². The predicted molar refractivity (Wildman–Crippen MR) is 62.8 cm³/mol. The second-order valence-corrected chi connectivity index (χ2v) is 6.17. The van der Waals surface area contributed by atoms with Gasteiger partial charge >= 0.3 is 0 Å². The highest BCUT2D eigenvalue weighted by Gasteiger charge is 2.18. The Labute approximate surface area is 101 Å². The summed E-state index contributed by atoms with van der Waals surface area (Å²) in [5.74, 6) is 0. The summed E-state index contributed by atoms with van der Waals surface area (Å²) in [5.41, 5.74) is 1.18. The van der Waals surface area contributed by atoms with Crippen molar-refractivity contribution in [2.45, 2.75) is 16.6 Å². The van der Waals surface area contributed by atoms with Crippen molar-refractivity contribution in [1.82, 2.24) is 0 Å². The van der Waals surface area contributed by atoms with Crippen molar-refractivity contribution in [2.75, 3.05) is 0 Å². The Balaban J connectivity index is 2.51. The average molecular weight is 302 g/mol. The number of halogens is 4. The second kappa shape index (κ2) is 4.88. The van der Waals surface area contributed by atoms with Crippen molar-refractivity contribution in [3.63, 3.8) is 0 Å². The van der Waals surface area contributed by atoms with Crippen molar-refractivity contribution >= 4 is 50.7 Å². The summed E-state index contributed by atoms with van der Waals surface area (Å²) in [7, 11) is 0. The van der Waals surface area contributed by atoms with E-state index in [9.17, 15) is 0 Å². The van der Waals surface area contributed by atoms with E-state index >= 15 is 0 Å². The molecule has 0 saturated carbocycles. The maximum Gasteiger partial charge on any atom is 0.190 e. The third-order valence-electron chi connectivity index (χ3n) is 1.61. The summed E-state index contributed by atoms with van der Waals surface area (Å²) in [5, 5.41) is 0. The smallest absolute Gasteiger partial charge is 0.0837 e. The SMILES string of the molecule is ClC(Cl)(Cl)CCc1ccc(Br)cc1. The van der Waals surface area contributed by atoms with Gasteiger partial charge in [-0.05, 0) is 30.5 Å². The number of hydrogen-bond acceptors (Lipinski definition) is 0. The highest BCUT2D eigenvalue weighted by atomic mass is 79.9. The lowest BCUT2D eigenvalue weighted by Gasteiger charge is -2.09. The molecule has 0 aliphatic rings. The van der Waals surface area contributed by atoms with Crippen molar-refractivity contribution in [1.29, 1.82) is 0 Å². The molecule has 0 aliphatic carbocycles. The fourth-order valence-electron chi connectivity index (χ4n) is 0.937. The number of rotatable bonds is 2. The maximum atomic E-state index is 5.64. The average Bonchev–Trinajstić information content (AvgIpc) is 2.02. The topological polar surface area (TPSA) is 0 Å². The molecule has 72 valence electrons. The molecule has 1 aromatic carbocycles. The molecule has 0 unspecified atom stereocenters. The van der Waals surface area contributed by atoms with E-state index < -0.39 is 3.79 Å². The quantitative estimate of drug-likeness (QED) is 0.691. The van der Waals surface area contributed by atoms with Crippen LogP contribution < -0.4 is 0 Å². The van der Waals surface area contributed by atoms with Crippen LogP contribution in [0.25, 0.3) is 0 Å². The first kappa shape index (κ1) is 11.6. The van der Waals surface area contributed by atoms with E-state index in [0.717, 1.165) is 10.9 Å². The first-order valence-electron chi connectivity index (χ1n) is 3.78. The lowest BCUT2D eigenvalue weighted by molar-refractivity contribution is 0.851. The molecule has 0 spiro atoms. The molecule has 1 aromatic rings. The van der Waals surface area contributed by atoms with Crippen molar-refractivity contribution in [2.24, 2.45) is 0 Å². The van der Waals surface area contributed by atoms with Crippen molar-refractivity contribution < 1.29 is 0 Å². The third kappa shape index (κ3) is 5.11. The zero-order chi connectivity index (χ0) is 9.90. The minimum Gasteiger partial charge on any atom is -0.0837 e. The summed E-state index contributed by atoms with van der Waals surface area (Å²) < 4.78 is -0.0855. The van der Waals surface area contributed by atoms with E-state index in [1.807, 2.05) is 24.3 Å². The molecule has 0 aliphatic heterocycles. The van der Waals surface area contributed by atoms with Gasteiger partial charge in [-0.2, -0.15) is 0 Å². The van der Waals surface area contributed by atoms with Gasteiger partial charge in [0.25, 0.3) is 0 Å². The van der Waals surface area contributed by atoms with Gasteiger partial charge in [-0.1, -0.05) is 62.9 Å². The molecule has 0 heterocycles. The molecular formula is C9H8BrCl3. The number of hydrogen-bond donors (Lipinski definition) is 0. The van der Waals surface area contributed by atoms with E-state index in [2.05, 4.69) is 15.9 Å². The summed E-state index contributed by atoms with van der Waals surface area (Å²) in [4.78, 5) is 0. The number of benzene rings is 1. The lowest BCUT2D eigenvalue weighted by Crippen LogP contribution is -2.03. The monoisotopic (exact) mass is 300 g/mol. The maximum absolute atomic E-state index is 5.64. The molecule has 0 aromatic heterocycles. The van der Waals surface area contributed by atoms with E-state index in [0.29, 0.717) is 6.42 Å². The van der Waals surface area contributed by atoms with Gasteiger partial charge in [0.15, 0.2) is 3.79 Å². The fraction of sp³-hybridized carbons (Fsp3) is 0.333. The molecule has 0 amide bonds. The standard InChI is InChI=1S/C9H8BrCl3/c10-8-3-1-7(2-4-8)5-6-9(11,12)13/h1-4H,5-6H2. The van der Waals surface area contributed by atoms with Gasteiger partial charge < -0.3 is 0 Å². The Morgan fingerprint density at radius 2 is 1.62 bits per heavy atom. The van der Waals surface area contributed by atoms with Crippen LogP contribution in [0.2, 0.25) is 0 Å². The molecule has 0 saturated heterocycles. The molecule has 0 nitrogen and oxygen atoms in total. The van der Waals surface area contributed by atoms with E-state index in [1.54, 1.807) is 0 Å². The zero-order valence-corrected chi connectivity index (χ0v) is 10.6. The minimum atomic E-state index is -1.15. The van der Waals surface area contributed by atoms with E-state index in [4.69, 9.17) is 34.8 Å². The number of alkyl halides is 3. The lowest BCUT2D eigenvalue weighted by atomic mass is 10.1. The summed E-state index contributed by atoms with van der Waals surface area (Å²) >= 11 is 20.3. The summed E-state index contributed by atoms with van der Waals surface area (Å²) in [6, 6.07) is 7.99. The summed E-state index contributed by atoms with van der Waals surface area (Å²) in [6.45, 7) is 0. The van der Waals surface area contributed by atoms with Gasteiger partial charge in [-0.25, -0.2) is 0 Å². The van der Waals surface area contributed by atoms with Gasteiger partial charge in [-0.15, -0.1) is 0 Å². The van der Waals surface area contributed by atoms with Gasteiger partial charge in [0.05, 0.1) is 0 Å². The van der Waals surface area contributed by atoms with Crippen LogP contribution in [0.1, 0.15) is 12.0 Å². The van der Waals surface area contributed by atoms with Crippen LogP contribution in [0.3, 0.4) is 0 Å². The predicted octanol–water partition coefficient (Wildman–Crippen LogP) is 4.75. The number of aryl methyl sites for hydroxylation is 1. The molecule has 0 radical (unpaired) electrons. The Hall–Kier alpha value is 0.570. The Morgan fingerprint density at radius 1 is 1.08 bits per heavy atom. The van der Waals surface area contributed by atoms with Crippen LogP contribution in [-0.2, 0) is 6.42 Å². The molecule has 4 heteroatoms. The van der Waals surface area contributed by atoms with Crippen LogP contribution in [0.15, 0.2) is 28.7 Å². The molecule has 0 atom stereocenters. The Kier molecular flexibility index (Phi) is 4.37. The molecule has 1 rings (SSSR count). The van der Waals surface area contributed by atoms with Gasteiger partial charge in [0, 0.05) is 4.47 Å². The van der Waals surface area contributed by atoms with Gasteiger partial charge in [0.1, 0.15) is 0 Å². The van der Waals surface area contributed by atoms with Crippen LogP contribution >= 0.6 is 50.7 Å². The van der Waals surface area contributed by atoms with E-state index in [1.165, 1.54) is 5.56 Å². The molecule has 0 bridgehead atoms. The van der Waals surface area contributed by atoms with Crippen LogP contribution in [0.4, 0.5) is 0 Å². The highest BCUT2D eigenvalue weighted by molar-refractivity contribution is 9.10. The summed E-state index contributed by atoms with van der Waals surface area (Å²) in [6.07, 6.45) is 1.32. The van der Waals surface area contributed by atoms with Crippen molar-refractivity contribution in [3.8, 4) is 0 Å².